The van der Waals surface area contributed by atoms with Crippen molar-refractivity contribution < 1.29 is 27.5 Å². The molecule has 2 saturated heterocycles. The van der Waals surface area contributed by atoms with Crippen LogP contribution in [0.1, 0.15) is 40.5 Å². The fraction of sp³-hybridized carbons (Fsp3) is 0.391. The average molecular weight is 457 g/mol. The minimum Gasteiger partial charge on any atom is -0.347 e. The molecule has 3 aliphatic heterocycles. The highest BCUT2D eigenvalue weighted by atomic mass is 32.2. The zero-order valence-corrected chi connectivity index (χ0v) is 18.6. The number of fused-ring (bicyclic) bond motifs is 2. The minimum absolute atomic E-state index is 0.0147. The average Bonchev–Trinajstić information content (AvgIpc) is 3.24. The third kappa shape index (κ3) is 3.23. The SMILES string of the molecule is CCN1C(=O)c2ccccc2S(=O)(=O)c2ccc(C(=O)N3CCC4(CC3)OCCO4)cc21. The first-order chi connectivity index (χ1) is 15.4. The molecule has 2 aromatic carbocycles. The zero-order valence-electron chi connectivity index (χ0n) is 17.7. The van der Waals surface area contributed by atoms with E-state index >= 15 is 0 Å². The molecular weight excluding hydrogens is 432 g/mol. The second-order valence-corrected chi connectivity index (χ2v) is 10.0. The number of sulfone groups is 1. The Kier molecular flexibility index (Phi) is 5.07. The predicted molar refractivity (Wildman–Crippen MR) is 115 cm³/mol. The molecule has 9 heteroatoms. The topological polar surface area (TPSA) is 93.2 Å². The van der Waals surface area contributed by atoms with Gasteiger partial charge in [-0.25, -0.2) is 8.42 Å². The number of rotatable bonds is 2. The van der Waals surface area contributed by atoms with Crippen LogP contribution in [0.25, 0.3) is 0 Å². The van der Waals surface area contributed by atoms with Crippen LogP contribution >= 0.6 is 0 Å². The second kappa shape index (κ2) is 7.68. The van der Waals surface area contributed by atoms with Crippen LogP contribution in [0, 0.1) is 0 Å². The quantitative estimate of drug-likeness (QED) is 0.689. The van der Waals surface area contributed by atoms with Gasteiger partial charge in [0, 0.05) is 38.0 Å². The summed E-state index contributed by atoms with van der Waals surface area (Å²) in [5.74, 6) is -1.19. The Hall–Kier alpha value is -2.75. The lowest BCUT2D eigenvalue weighted by molar-refractivity contribution is -0.181. The van der Waals surface area contributed by atoms with Crippen molar-refractivity contribution in [3.8, 4) is 0 Å². The van der Waals surface area contributed by atoms with Gasteiger partial charge < -0.3 is 19.3 Å². The number of piperidine rings is 1. The summed E-state index contributed by atoms with van der Waals surface area (Å²) in [7, 11) is -3.92. The molecule has 0 bridgehead atoms. The summed E-state index contributed by atoms with van der Waals surface area (Å²) in [6, 6.07) is 10.7. The third-order valence-corrected chi connectivity index (χ3v) is 8.24. The molecule has 0 atom stereocenters. The molecule has 0 unspecified atom stereocenters. The normalized spacial score (nSPS) is 21.2. The smallest absolute Gasteiger partial charge is 0.259 e. The molecule has 0 aromatic heterocycles. The maximum absolute atomic E-state index is 13.3. The van der Waals surface area contributed by atoms with Crippen molar-refractivity contribution in [1.82, 2.24) is 4.90 Å². The number of anilines is 1. The summed E-state index contributed by atoms with van der Waals surface area (Å²) in [6.07, 6.45) is 1.18. The van der Waals surface area contributed by atoms with Crippen LogP contribution in [0.2, 0.25) is 0 Å². The van der Waals surface area contributed by atoms with Gasteiger partial charge >= 0.3 is 0 Å². The number of carbonyl (C=O) groups excluding carboxylic acids is 2. The molecule has 2 amide bonds. The van der Waals surface area contributed by atoms with Gasteiger partial charge in [0.15, 0.2) is 5.79 Å². The maximum atomic E-state index is 13.3. The molecule has 32 heavy (non-hydrogen) atoms. The maximum Gasteiger partial charge on any atom is 0.259 e. The Balaban J connectivity index is 1.51. The first kappa shape index (κ1) is 21.1. The van der Waals surface area contributed by atoms with Crippen molar-refractivity contribution in [2.45, 2.75) is 35.3 Å². The number of hydrogen-bond acceptors (Lipinski definition) is 6. The molecule has 3 aliphatic rings. The van der Waals surface area contributed by atoms with Crippen LogP contribution in [-0.2, 0) is 19.3 Å². The summed E-state index contributed by atoms with van der Waals surface area (Å²) in [5, 5.41) is 0. The van der Waals surface area contributed by atoms with E-state index in [0.717, 1.165) is 0 Å². The summed E-state index contributed by atoms with van der Waals surface area (Å²) < 4.78 is 38.1. The monoisotopic (exact) mass is 456 g/mol. The van der Waals surface area contributed by atoms with Gasteiger partial charge in [-0.05, 0) is 37.3 Å². The van der Waals surface area contributed by atoms with Crippen molar-refractivity contribution in [2.24, 2.45) is 0 Å². The highest BCUT2D eigenvalue weighted by molar-refractivity contribution is 7.91. The zero-order chi connectivity index (χ0) is 22.5. The van der Waals surface area contributed by atoms with Gasteiger partial charge in [-0.2, -0.15) is 0 Å². The van der Waals surface area contributed by atoms with Gasteiger partial charge in [0.1, 0.15) is 0 Å². The largest absolute Gasteiger partial charge is 0.347 e. The third-order valence-electron chi connectivity index (χ3n) is 6.38. The fourth-order valence-electron chi connectivity index (χ4n) is 4.67. The number of hydrogen-bond donors (Lipinski definition) is 0. The van der Waals surface area contributed by atoms with Gasteiger partial charge in [-0.1, -0.05) is 12.1 Å². The van der Waals surface area contributed by atoms with Crippen molar-refractivity contribution >= 4 is 27.3 Å². The summed E-state index contributed by atoms with van der Waals surface area (Å²) in [6.45, 7) is 4.15. The van der Waals surface area contributed by atoms with E-state index in [1.807, 2.05) is 0 Å². The van der Waals surface area contributed by atoms with E-state index < -0.39 is 21.5 Å². The lowest BCUT2D eigenvalue weighted by Gasteiger charge is -2.37. The van der Waals surface area contributed by atoms with Gasteiger partial charge in [-0.15, -0.1) is 0 Å². The Morgan fingerprint density at radius 1 is 1.03 bits per heavy atom. The summed E-state index contributed by atoms with van der Waals surface area (Å²) in [5.41, 5.74) is 0.715. The molecule has 168 valence electrons. The Labute approximate surface area is 186 Å². The van der Waals surface area contributed by atoms with Crippen LogP contribution < -0.4 is 4.90 Å². The summed E-state index contributed by atoms with van der Waals surface area (Å²) >= 11 is 0. The Morgan fingerprint density at radius 2 is 1.72 bits per heavy atom. The molecule has 8 nitrogen and oxygen atoms in total. The molecular formula is C23H24N2O6S. The van der Waals surface area contributed by atoms with E-state index in [4.69, 9.17) is 9.47 Å². The fourth-order valence-corrected chi connectivity index (χ4v) is 6.30. The molecule has 2 fully saturated rings. The van der Waals surface area contributed by atoms with Crippen LogP contribution in [0.5, 0.6) is 0 Å². The van der Waals surface area contributed by atoms with Crippen LogP contribution in [-0.4, -0.2) is 63.8 Å². The highest BCUT2D eigenvalue weighted by Crippen LogP contribution is 2.38. The molecule has 0 radical (unpaired) electrons. The van der Waals surface area contributed by atoms with Crippen LogP contribution in [0.4, 0.5) is 5.69 Å². The minimum atomic E-state index is -3.92. The predicted octanol–water partition coefficient (Wildman–Crippen LogP) is 2.48. The Morgan fingerprint density at radius 3 is 2.41 bits per heavy atom. The second-order valence-electron chi connectivity index (χ2n) is 8.13. The van der Waals surface area contributed by atoms with Gasteiger partial charge in [-0.3, -0.25) is 9.59 Å². The number of nitrogens with zero attached hydrogens (tertiary/aromatic N) is 2. The van der Waals surface area contributed by atoms with E-state index in [0.29, 0.717) is 44.7 Å². The van der Waals surface area contributed by atoms with E-state index in [1.54, 1.807) is 24.0 Å². The molecule has 3 heterocycles. The first-order valence-electron chi connectivity index (χ1n) is 10.7. The first-order valence-corrected chi connectivity index (χ1v) is 12.2. The number of benzene rings is 2. The molecule has 1 spiro atoms. The van der Waals surface area contributed by atoms with Crippen molar-refractivity contribution in [3.05, 3.63) is 53.6 Å². The van der Waals surface area contributed by atoms with E-state index in [-0.39, 0.29) is 33.5 Å². The standard InChI is InChI=1S/C23H24N2O6S/c1-2-25-18-15-16(21(26)24-11-9-23(10-12-24)30-13-14-31-23)7-8-20(18)32(28,29)19-6-4-3-5-17(19)22(25)27/h3-8,15H,2,9-14H2,1H3. The Bertz CT molecular complexity index is 1190. The molecule has 0 N–H and O–H groups in total. The molecule has 0 aliphatic carbocycles. The highest BCUT2D eigenvalue weighted by Gasteiger charge is 2.41. The van der Waals surface area contributed by atoms with Gasteiger partial charge in [0.25, 0.3) is 11.8 Å². The van der Waals surface area contributed by atoms with Crippen LogP contribution in [0.3, 0.4) is 0 Å². The van der Waals surface area contributed by atoms with Crippen molar-refractivity contribution in [3.63, 3.8) is 0 Å². The lowest BCUT2D eigenvalue weighted by Crippen LogP contribution is -2.47. The van der Waals surface area contributed by atoms with Crippen LogP contribution in [0.15, 0.2) is 52.3 Å². The number of carbonyl (C=O) groups is 2. The van der Waals surface area contributed by atoms with E-state index in [1.165, 1.54) is 35.2 Å². The number of amides is 2. The van der Waals surface area contributed by atoms with Gasteiger partial charge in [0.2, 0.25) is 9.84 Å². The summed E-state index contributed by atoms with van der Waals surface area (Å²) in [4.78, 5) is 29.6. The van der Waals surface area contributed by atoms with E-state index in [2.05, 4.69) is 0 Å². The lowest BCUT2D eigenvalue weighted by atomic mass is 10.0. The van der Waals surface area contributed by atoms with Crippen molar-refractivity contribution in [2.75, 3.05) is 37.7 Å². The van der Waals surface area contributed by atoms with E-state index in [9.17, 15) is 18.0 Å². The molecule has 0 saturated carbocycles. The number of likely N-dealkylation sites (tertiary alicyclic amines) is 1. The molecule has 2 aromatic rings. The van der Waals surface area contributed by atoms with Crippen molar-refractivity contribution in [1.29, 1.82) is 0 Å². The molecule has 5 rings (SSSR count). The van der Waals surface area contributed by atoms with Gasteiger partial charge in [0.05, 0.1) is 34.3 Å². The number of ether oxygens (including phenoxy) is 2.